The van der Waals surface area contributed by atoms with Gasteiger partial charge in [-0.1, -0.05) is 37.3 Å². The first-order chi connectivity index (χ1) is 13.6. The molecule has 2 aromatic carbocycles. The molecule has 1 aromatic heterocycles. The Labute approximate surface area is 164 Å². The standard InChI is InChI=1S/C23H24N2O3/c1-15-7-9-20-18(11-15)19-12-17(8-10-21(19)25-20)23(27)28-14-22(26)24-13-16-5-3-2-4-6-16/h2-6,8,10,12,15,25H,7,9,11,13-14H2,1H3,(H,24,26)/t15-/m0/s1. The lowest BCUT2D eigenvalue weighted by molar-refractivity contribution is -0.124. The van der Waals surface area contributed by atoms with Crippen molar-refractivity contribution in [2.45, 2.75) is 32.7 Å². The molecular weight excluding hydrogens is 352 g/mol. The van der Waals surface area contributed by atoms with E-state index >= 15 is 0 Å². The van der Waals surface area contributed by atoms with Crippen LogP contribution >= 0.6 is 0 Å². The van der Waals surface area contributed by atoms with Crippen molar-refractivity contribution in [2.75, 3.05) is 6.61 Å². The monoisotopic (exact) mass is 376 g/mol. The summed E-state index contributed by atoms with van der Waals surface area (Å²) in [7, 11) is 0. The fourth-order valence-corrected chi connectivity index (χ4v) is 3.78. The van der Waals surface area contributed by atoms with Crippen molar-refractivity contribution in [3.8, 4) is 0 Å². The van der Waals surface area contributed by atoms with Crippen LogP contribution in [0.5, 0.6) is 0 Å². The van der Waals surface area contributed by atoms with Crippen LogP contribution in [0.3, 0.4) is 0 Å². The Balaban J connectivity index is 1.38. The van der Waals surface area contributed by atoms with Crippen molar-refractivity contribution in [3.05, 3.63) is 70.9 Å². The van der Waals surface area contributed by atoms with Gasteiger partial charge in [0, 0.05) is 23.1 Å². The van der Waals surface area contributed by atoms with Crippen LogP contribution < -0.4 is 5.32 Å². The fourth-order valence-electron chi connectivity index (χ4n) is 3.78. The molecular formula is C23H24N2O3. The molecule has 0 saturated heterocycles. The molecule has 3 aromatic rings. The summed E-state index contributed by atoms with van der Waals surface area (Å²) in [6.07, 6.45) is 3.26. The van der Waals surface area contributed by atoms with E-state index in [1.165, 1.54) is 17.7 Å². The summed E-state index contributed by atoms with van der Waals surface area (Å²) in [6, 6.07) is 15.2. The molecule has 1 heterocycles. The summed E-state index contributed by atoms with van der Waals surface area (Å²) in [5.74, 6) is -0.142. The molecule has 0 bridgehead atoms. The minimum Gasteiger partial charge on any atom is -0.452 e. The van der Waals surface area contributed by atoms with Gasteiger partial charge >= 0.3 is 5.97 Å². The highest BCUT2D eigenvalue weighted by Crippen LogP contribution is 2.32. The Kier molecular flexibility index (Phi) is 5.15. The quantitative estimate of drug-likeness (QED) is 0.666. The van der Waals surface area contributed by atoms with Crippen molar-refractivity contribution in [3.63, 3.8) is 0 Å². The number of ether oxygens (including phenoxy) is 1. The third kappa shape index (κ3) is 3.93. The van der Waals surface area contributed by atoms with Crippen molar-refractivity contribution in [1.29, 1.82) is 0 Å². The lowest BCUT2D eigenvalue weighted by Gasteiger charge is -2.18. The van der Waals surface area contributed by atoms with E-state index in [4.69, 9.17) is 4.74 Å². The number of nitrogens with one attached hydrogen (secondary N) is 2. The first kappa shape index (κ1) is 18.3. The molecule has 0 unspecified atom stereocenters. The topological polar surface area (TPSA) is 71.2 Å². The molecule has 5 nitrogen and oxygen atoms in total. The van der Waals surface area contributed by atoms with Crippen molar-refractivity contribution in [1.82, 2.24) is 10.3 Å². The first-order valence-electron chi connectivity index (χ1n) is 9.71. The lowest BCUT2D eigenvalue weighted by atomic mass is 9.87. The fraction of sp³-hybridized carbons (Fsp3) is 0.304. The Morgan fingerprint density at radius 3 is 2.82 bits per heavy atom. The molecule has 1 amide bonds. The number of aryl methyl sites for hydroxylation is 1. The molecule has 1 aliphatic rings. The number of aromatic nitrogens is 1. The maximum absolute atomic E-state index is 12.4. The predicted octanol–water partition coefficient (Wildman–Crippen LogP) is 3.77. The second kappa shape index (κ2) is 7.89. The number of H-pyrrole nitrogens is 1. The number of esters is 1. The summed E-state index contributed by atoms with van der Waals surface area (Å²) in [5, 5.41) is 3.84. The minimum atomic E-state index is -0.476. The Bertz CT molecular complexity index is 1010. The number of aromatic amines is 1. The molecule has 0 saturated carbocycles. The molecule has 28 heavy (non-hydrogen) atoms. The Morgan fingerprint density at radius 1 is 1.18 bits per heavy atom. The zero-order valence-electron chi connectivity index (χ0n) is 16.0. The number of hydrogen-bond acceptors (Lipinski definition) is 3. The normalized spacial score (nSPS) is 15.8. The van der Waals surface area contributed by atoms with Gasteiger partial charge in [-0.3, -0.25) is 4.79 Å². The van der Waals surface area contributed by atoms with E-state index in [1.54, 1.807) is 6.07 Å². The number of hydrogen-bond donors (Lipinski definition) is 2. The van der Waals surface area contributed by atoms with Crippen LogP contribution in [0.2, 0.25) is 0 Å². The number of benzene rings is 2. The second-order valence-corrected chi connectivity index (χ2v) is 7.53. The van der Waals surface area contributed by atoms with Crippen molar-refractivity contribution < 1.29 is 14.3 Å². The van der Waals surface area contributed by atoms with Crippen LogP contribution in [-0.2, 0) is 28.9 Å². The van der Waals surface area contributed by atoms with Gasteiger partial charge in [-0.25, -0.2) is 4.79 Å². The van der Waals surface area contributed by atoms with E-state index in [2.05, 4.69) is 17.2 Å². The molecule has 2 N–H and O–H groups in total. The lowest BCUT2D eigenvalue weighted by Crippen LogP contribution is -2.28. The molecule has 0 radical (unpaired) electrons. The Morgan fingerprint density at radius 2 is 2.00 bits per heavy atom. The highest BCUT2D eigenvalue weighted by molar-refractivity contribution is 5.97. The first-order valence-corrected chi connectivity index (χ1v) is 9.71. The highest BCUT2D eigenvalue weighted by atomic mass is 16.5. The summed E-state index contributed by atoms with van der Waals surface area (Å²) in [4.78, 5) is 27.8. The molecule has 0 fully saturated rings. The maximum atomic E-state index is 12.4. The highest BCUT2D eigenvalue weighted by Gasteiger charge is 2.21. The van der Waals surface area contributed by atoms with Crippen LogP contribution in [0.1, 0.15) is 40.5 Å². The molecule has 0 spiro atoms. The van der Waals surface area contributed by atoms with Gasteiger partial charge in [-0.2, -0.15) is 0 Å². The van der Waals surface area contributed by atoms with Gasteiger partial charge in [-0.15, -0.1) is 0 Å². The average molecular weight is 376 g/mol. The van der Waals surface area contributed by atoms with E-state index in [9.17, 15) is 9.59 Å². The minimum absolute atomic E-state index is 0.286. The molecule has 1 atom stereocenters. The van der Waals surface area contributed by atoms with Gasteiger partial charge in [-0.05, 0) is 54.5 Å². The number of fused-ring (bicyclic) bond motifs is 3. The van der Waals surface area contributed by atoms with Gasteiger partial charge < -0.3 is 15.0 Å². The predicted molar refractivity (Wildman–Crippen MR) is 108 cm³/mol. The van der Waals surface area contributed by atoms with E-state index in [0.29, 0.717) is 18.0 Å². The summed E-state index contributed by atoms with van der Waals surface area (Å²) >= 11 is 0. The van der Waals surface area contributed by atoms with Crippen LogP contribution in [0.15, 0.2) is 48.5 Å². The molecule has 0 aliphatic heterocycles. The van der Waals surface area contributed by atoms with Crippen LogP contribution in [0.25, 0.3) is 10.9 Å². The number of carbonyl (C=O) groups excluding carboxylic acids is 2. The Hall–Kier alpha value is -3.08. The number of rotatable bonds is 5. The number of carbonyl (C=O) groups is 2. The largest absolute Gasteiger partial charge is 0.452 e. The van der Waals surface area contributed by atoms with Crippen LogP contribution in [-0.4, -0.2) is 23.5 Å². The summed E-state index contributed by atoms with van der Waals surface area (Å²) in [5.41, 5.74) is 5.11. The summed E-state index contributed by atoms with van der Waals surface area (Å²) in [6.45, 7) is 2.39. The zero-order chi connectivity index (χ0) is 19.5. The number of amides is 1. The van der Waals surface area contributed by atoms with E-state index < -0.39 is 5.97 Å². The molecule has 1 aliphatic carbocycles. The van der Waals surface area contributed by atoms with Crippen molar-refractivity contribution >= 4 is 22.8 Å². The van der Waals surface area contributed by atoms with Gasteiger partial charge in [0.15, 0.2) is 6.61 Å². The van der Waals surface area contributed by atoms with Gasteiger partial charge in [0.05, 0.1) is 5.56 Å². The second-order valence-electron chi connectivity index (χ2n) is 7.53. The molecule has 4 rings (SSSR count). The van der Waals surface area contributed by atoms with E-state index in [0.717, 1.165) is 29.3 Å². The van der Waals surface area contributed by atoms with E-state index in [-0.39, 0.29) is 12.5 Å². The van der Waals surface area contributed by atoms with Crippen molar-refractivity contribution in [2.24, 2.45) is 5.92 Å². The van der Waals surface area contributed by atoms with Gasteiger partial charge in [0.1, 0.15) is 0 Å². The third-order valence-corrected chi connectivity index (χ3v) is 5.34. The summed E-state index contributed by atoms with van der Waals surface area (Å²) < 4.78 is 5.21. The SMILES string of the molecule is C[C@H]1CCc2[nH]c3ccc(C(=O)OCC(=O)NCc4ccccc4)cc3c2C1. The molecule has 144 valence electrons. The molecule has 5 heteroatoms. The average Bonchev–Trinajstić information content (AvgIpc) is 3.08. The van der Waals surface area contributed by atoms with E-state index in [1.807, 2.05) is 42.5 Å². The van der Waals surface area contributed by atoms with Gasteiger partial charge in [0.25, 0.3) is 5.91 Å². The van der Waals surface area contributed by atoms with Gasteiger partial charge in [0.2, 0.25) is 0 Å². The zero-order valence-corrected chi connectivity index (χ0v) is 16.0. The van der Waals surface area contributed by atoms with Crippen LogP contribution in [0.4, 0.5) is 0 Å². The smallest absolute Gasteiger partial charge is 0.338 e. The maximum Gasteiger partial charge on any atom is 0.338 e. The van der Waals surface area contributed by atoms with Crippen LogP contribution in [0, 0.1) is 5.92 Å². The third-order valence-electron chi connectivity index (χ3n) is 5.34.